The van der Waals surface area contributed by atoms with Crippen molar-refractivity contribution in [2.45, 2.75) is 101 Å². The van der Waals surface area contributed by atoms with Crippen molar-refractivity contribution < 1.29 is 9.53 Å². The van der Waals surface area contributed by atoms with Gasteiger partial charge >= 0.3 is 5.97 Å². The first-order chi connectivity index (χ1) is 15.0. The van der Waals surface area contributed by atoms with E-state index in [-0.39, 0.29) is 5.97 Å². The molecule has 0 aliphatic rings. The second-order valence-corrected chi connectivity index (χ2v) is 9.52. The van der Waals surface area contributed by atoms with Crippen molar-refractivity contribution in [3.63, 3.8) is 0 Å². The highest BCUT2D eigenvalue weighted by Crippen LogP contribution is 2.31. The third-order valence-corrected chi connectivity index (χ3v) is 5.77. The number of rotatable bonds is 11. The first-order valence-corrected chi connectivity index (χ1v) is 11.9. The second-order valence-electron chi connectivity index (χ2n) is 9.52. The van der Waals surface area contributed by atoms with E-state index in [0.717, 1.165) is 44.1 Å². The van der Waals surface area contributed by atoms with Gasteiger partial charge in [0.15, 0.2) is 0 Å². The zero-order valence-electron chi connectivity index (χ0n) is 21.9. The van der Waals surface area contributed by atoms with Crippen molar-refractivity contribution in [3.8, 4) is 5.75 Å². The Kier molecular flexibility index (Phi) is 12.1. The molecule has 0 atom stereocenters. The van der Waals surface area contributed by atoms with Crippen molar-refractivity contribution in [3.05, 3.63) is 74.9 Å². The Balaban J connectivity index is 3.14. The van der Waals surface area contributed by atoms with Gasteiger partial charge in [0, 0.05) is 12.5 Å². The molecule has 0 aliphatic heterocycles. The van der Waals surface area contributed by atoms with E-state index in [2.05, 4.69) is 79.7 Å². The molecular formula is C30H44O2. The molecule has 0 radical (unpaired) electrons. The van der Waals surface area contributed by atoms with Crippen LogP contribution in [-0.2, 0) is 17.6 Å². The van der Waals surface area contributed by atoms with Crippen LogP contribution in [0, 0.1) is 13.8 Å². The molecule has 2 nitrogen and oxygen atoms in total. The van der Waals surface area contributed by atoms with Crippen LogP contribution < -0.4 is 4.74 Å². The molecule has 0 N–H and O–H groups in total. The Morgan fingerprint density at radius 1 is 0.750 bits per heavy atom. The molecule has 0 fully saturated rings. The number of hydrogen-bond acceptors (Lipinski definition) is 2. The maximum absolute atomic E-state index is 11.7. The third kappa shape index (κ3) is 10.3. The van der Waals surface area contributed by atoms with E-state index >= 15 is 0 Å². The lowest BCUT2D eigenvalue weighted by molar-refractivity contribution is -0.131. The van der Waals surface area contributed by atoms with Crippen LogP contribution in [0.25, 0.3) is 0 Å². The van der Waals surface area contributed by atoms with Gasteiger partial charge in [0.25, 0.3) is 0 Å². The highest BCUT2D eigenvalue weighted by molar-refractivity contribution is 5.70. The van der Waals surface area contributed by atoms with E-state index in [1.807, 2.05) is 6.07 Å². The predicted molar refractivity (Wildman–Crippen MR) is 139 cm³/mol. The molecule has 0 bridgehead atoms. The van der Waals surface area contributed by atoms with Gasteiger partial charge in [-0.3, -0.25) is 4.79 Å². The molecular weight excluding hydrogens is 392 g/mol. The molecule has 0 saturated heterocycles. The number of aryl methyl sites for hydroxylation is 1. The Morgan fingerprint density at radius 2 is 1.22 bits per heavy atom. The lowest BCUT2D eigenvalue weighted by Crippen LogP contribution is -2.08. The monoisotopic (exact) mass is 436 g/mol. The van der Waals surface area contributed by atoms with Gasteiger partial charge in [-0.05, 0) is 117 Å². The quantitative estimate of drug-likeness (QED) is 0.197. The van der Waals surface area contributed by atoms with E-state index in [4.69, 9.17) is 4.74 Å². The number of hydrogen-bond donors (Lipinski definition) is 0. The number of carbonyl (C=O) groups is 1. The van der Waals surface area contributed by atoms with Gasteiger partial charge in [-0.2, -0.15) is 0 Å². The van der Waals surface area contributed by atoms with Crippen LogP contribution in [0.5, 0.6) is 5.75 Å². The lowest BCUT2D eigenvalue weighted by Gasteiger charge is -2.17. The van der Waals surface area contributed by atoms with Crippen LogP contribution in [0.1, 0.15) is 96.4 Å². The number of carbonyl (C=O) groups excluding carboxylic acids is 1. The lowest BCUT2D eigenvalue weighted by atomic mass is 9.91. The summed E-state index contributed by atoms with van der Waals surface area (Å²) in [5.74, 6) is 0.436. The summed E-state index contributed by atoms with van der Waals surface area (Å²) in [5, 5.41) is 0. The highest BCUT2D eigenvalue weighted by atomic mass is 16.5. The third-order valence-electron chi connectivity index (χ3n) is 5.77. The van der Waals surface area contributed by atoms with Gasteiger partial charge in [0.1, 0.15) is 5.75 Å². The molecule has 1 aromatic carbocycles. The molecule has 0 unspecified atom stereocenters. The van der Waals surface area contributed by atoms with Crippen molar-refractivity contribution in [2.75, 3.05) is 0 Å². The highest BCUT2D eigenvalue weighted by Gasteiger charge is 2.15. The number of benzene rings is 1. The molecule has 0 aromatic heterocycles. The molecule has 32 heavy (non-hydrogen) atoms. The average molecular weight is 437 g/mol. The largest absolute Gasteiger partial charge is 0.426 e. The summed E-state index contributed by atoms with van der Waals surface area (Å²) in [6, 6.07) is 2.04. The summed E-state index contributed by atoms with van der Waals surface area (Å²) in [4.78, 5) is 11.7. The minimum Gasteiger partial charge on any atom is -0.426 e. The van der Waals surface area contributed by atoms with Crippen molar-refractivity contribution >= 4 is 5.97 Å². The van der Waals surface area contributed by atoms with E-state index < -0.39 is 0 Å². The average Bonchev–Trinajstić information content (AvgIpc) is 2.66. The number of allylic oxidation sites excluding steroid dienone is 8. The minimum atomic E-state index is -0.267. The summed E-state index contributed by atoms with van der Waals surface area (Å²) in [6.45, 7) is 18.7. The number of esters is 1. The molecule has 0 spiro atoms. The zero-order valence-corrected chi connectivity index (χ0v) is 21.9. The maximum Gasteiger partial charge on any atom is 0.308 e. The molecule has 1 aromatic rings. The van der Waals surface area contributed by atoms with Crippen molar-refractivity contribution in [2.24, 2.45) is 0 Å². The summed E-state index contributed by atoms with van der Waals surface area (Å²) < 4.78 is 5.61. The van der Waals surface area contributed by atoms with Crippen LogP contribution >= 0.6 is 0 Å². The van der Waals surface area contributed by atoms with Crippen LogP contribution in [0.15, 0.2) is 52.7 Å². The summed E-state index contributed by atoms with van der Waals surface area (Å²) >= 11 is 0. The SMILES string of the molecule is CC(=O)Oc1cc(C)c(C/C=C(\C)CCC=C(C)C)c(C)c1C/C=C(\C)CCC=C(C)C. The Morgan fingerprint density at radius 3 is 1.66 bits per heavy atom. The van der Waals surface area contributed by atoms with E-state index in [1.165, 1.54) is 45.9 Å². The van der Waals surface area contributed by atoms with Gasteiger partial charge < -0.3 is 4.74 Å². The van der Waals surface area contributed by atoms with Crippen LogP contribution in [0.3, 0.4) is 0 Å². The zero-order chi connectivity index (χ0) is 24.3. The minimum absolute atomic E-state index is 0.267. The van der Waals surface area contributed by atoms with Gasteiger partial charge in [0.05, 0.1) is 0 Å². The van der Waals surface area contributed by atoms with Crippen LogP contribution in [0.4, 0.5) is 0 Å². The van der Waals surface area contributed by atoms with E-state index in [0.29, 0.717) is 5.75 Å². The normalized spacial score (nSPS) is 11.9. The molecule has 0 amide bonds. The smallest absolute Gasteiger partial charge is 0.308 e. The topological polar surface area (TPSA) is 26.3 Å². The second kappa shape index (κ2) is 13.9. The molecule has 176 valence electrons. The van der Waals surface area contributed by atoms with Gasteiger partial charge in [0.2, 0.25) is 0 Å². The maximum atomic E-state index is 11.7. The van der Waals surface area contributed by atoms with Gasteiger partial charge in [-0.1, -0.05) is 46.6 Å². The fraction of sp³-hybridized carbons (Fsp3) is 0.500. The van der Waals surface area contributed by atoms with E-state index in [1.54, 1.807) is 0 Å². The molecule has 2 heteroatoms. The molecule has 0 aliphatic carbocycles. The van der Waals surface area contributed by atoms with Gasteiger partial charge in [-0.15, -0.1) is 0 Å². The van der Waals surface area contributed by atoms with Crippen molar-refractivity contribution in [1.82, 2.24) is 0 Å². The Labute approximate surface area is 197 Å². The Bertz CT molecular complexity index is 899. The van der Waals surface area contributed by atoms with Crippen molar-refractivity contribution in [1.29, 1.82) is 0 Å². The fourth-order valence-electron chi connectivity index (χ4n) is 3.78. The predicted octanol–water partition coefficient (Wildman–Crippen LogP) is 8.70. The summed E-state index contributed by atoms with van der Waals surface area (Å²) in [5.41, 5.74) is 10.4. The first-order valence-electron chi connectivity index (χ1n) is 11.9. The summed E-state index contributed by atoms with van der Waals surface area (Å²) in [6.07, 6.45) is 15.2. The summed E-state index contributed by atoms with van der Waals surface area (Å²) in [7, 11) is 0. The molecule has 0 saturated carbocycles. The van der Waals surface area contributed by atoms with Crippen LogP contribution in [0.2, 0.25) is 0 Å². The Hall–Kier alpha value is -2.35. The standard InChI is InChI=1S/C30H44O2/c1-21(2)12-10-14-23(5)16-18-28-25(7)20-30(32-27(9)31)29(26(28)8)19-17-24(6)15-11-13-22(3)4/h12-13,16-17,20H,10-11,14-15,18-19H2,1-9H3/b23-16+,24-17+. The fourth-order valence-corrected chi connectivity index (χ4v) is 3.78. The molecule has 1 rings (SSSR count). The number of ether oxygens (including phenoxy) is 1. The molecule has 0 heterocycles. The van der Waals surface area contributed by atoms with Gasteiger partial charge in [-0.25, -0.2) is 0 Å². The van der Waals surface area contributed by atoms with Crippen LogP contribution in [-0.4, -0.2) is 5.97 Å². The van der Waals surface area contributed by atoms with E-state index in [9.17, 15) is 4.79 Å². The first kappa shape index (κ1) is 27.7.